The number of ether oxygens (including phenoxy) is 1. The molecule has 1 rings (SSSR count). The summed E-state index contributed by atoms with van der Waals surface area (Å²) < 4.78 is 5.08. The number of hydrogen-bond acceptors (Lipinski definition) is 3. The molecule has 4 nitrogen and oxygen atoms in total. The van der Waals surface area contributed by atoms with Crippen molar-refractivity contribution in [3.05, 3.63) is 29.3 Å². The lowest BCUT2D eigenvalue weighted by atomic mass is 10.1. The van der Waals surface area contributed by atoms with Crippen LogP contribution in [0, 0.1) is 6.92 Å². The highest BCUT2D eigenvalue weighted by atomic mass is 16.5. The molecule has 3 N–H and O–H groups in total. The highest BCUT2D eigenvalue weighted by Gasteiger charge is 2.11. The number of hydrogen-bond donors (Lipinski definition) is 2. The van der Waals surface area contributed by atoms with E-state index in [-0.39, 0.29) is 5.91 Å². The minimum Gasteiger partial charge on any atom is -0.496 e. The standard InChI is InChI=1S/C9H12N2O2/c1-6-4-3-5-7(8(6)13-2)9(12)11-10/h3-5H,10H2,1-2H3,(H,11,12). The van der Waals surface area contributed by atoms with Gasteiger partial charge in [0, 0.05) is 0 Å². The van der Waals surface area contributed by atoms with Crippen molar-refractivity contribution in [1.29, 1.82) is 0 Å². The van der Waals surface area contributed by atoms with Crippen LogP contribution in [0.2, 0.25) is 0 Å². The molecular weight excluding hydrogens is 168 g/mol. The normalized spacial score (nSPS) is 9.46. The molecule has 0 fully saturated rings. The number of nitrogens with one attached hydrogen (secondary N) is 1. The molecule has 13 heavy (non-hydrogen) atoms. The predicted molar refractivity (Wildman–Crippen MR) is 49.4 cm³/mol. The van der Waals surface area contributed by atoms with Crippen molar-refractivity contribution in [3.8, 4) is 5.75 Å². The number of benzene rings is 1. The first-order valence-electron chi connectivity index (χ1n) is 3.85. The molecule has 70 valence electrons. The second-order valence-corrected chi connectivity index (χ2v) is 2.63. The number of para-hydroxylation sites is 1. The first kappa shape index (κ1) is 9.54. The van der Waals surface area contributed by atoms with Crippen LogP contribution in [0.1, 0.15) is 15.9 Å². The van der Waals surface area contributed by atoms with Crippen LogP contribution >= 0.6 is 0 Å². The van der Waals surface area contributed by atoms with Gasteiger partial charge in [-0.05, 0) is 18.6 Å². The van der Waals surface area contributed by atoms with E-state index < -0.39 is 0 Å². The predicted octanol–water partition coefficient (Wildman–Crippen LogP) is 0.607. The molecule has 1 aromatic carbocycles. The van der Waals surface area contributed by atoms with E-state index in [1.54, 1.807) is 12.1 Å². The van der Waals surface area contributed by atoms with E-state index in [4.69, 9.17) is 10.6 Å². The molecule has 0 radical (unpaired) electrons. The molecule has 0 unspecified atom stereocenters. The Morgan fingerprint density at radius 1 is 1.54 bits per heavy atom. The lowest BCUT2D eigenvalue weighted by Gasteiger charge is -2.09. The van der Waals surface area contributed by atoms with Crippen LogP contribution in [0.15, 0.2) is 18.2 Å². The fourth-order valence-electron chi connectivity index (χ4n) is 1.18. The number of hydrazine groups is 1. The van der Waals surface area contributed by atoms with E-state index in [0.29, 0.717) is 11.3 Å². The summed E-state index contributed by atoms with van der Waals surface area (Å²) >= 11 is 0. The van der Waals surface area contributed by atoms with Crippen LogP contribution < -0.4 is 16.0 Å². The molecule has 0 heterocycles. The van der Waals surface area contributed by atoms with E-state index in [2.05, 4.69) is 5.43 Å². The van der Waals surface area contributed by atoms with Gasteiger partial charge in [0.25, 0.3) is 5.91 Å². The van der Waals surface area contributed by atoms with Crippen molar-refractivity contribution in [3.63, 3.8) is 0 Å². The Morgan fingerprint density at radius 2 is 2.23 bits per heavy atom. The van der Waals surface area contributed by atoms with Gasteiger partial charge in [-0.3, -0.25) is 10.2 Å². The van der Waals surface area contributed by atoms with Crippen molar-refractivity contribution in [2.24, 2.45) is 5.84 Å². The van der Waals surface area contributed by atoms with E-state index in [9.17, 15) is 4.79 Å². The summed E-state index contributed by atoms with van der Waals surface area (Å²) in [7, 11) is 1.52. The zero-order valence-corrected chi connectivity index (χ0v) is 7.63. The molecule has 0 atom stereocenters. The molecule has 1 aromatic rings. The lowest BCUT2D eigenvalue weighted by Crippen LogP contribution is -2.30. The van der Waals surface area contributed by atoms with Gasteiger partial charge in [0.05, 0.1) is 12.7 Å². The third-order valence-corrected chi connectivity index (χ3v) is 1.79. The molecule has 0 saturated carbocycles. The lowest BCUT2D eigenvalue weighted by molar-refractivity contribution is 0.0950. The number of rotatable bonds is 2. The highest BCUT2D eigenvalue weighted by Crippen LogP contribution is 2.22. The van der Waals surface area contributed by atoms with Gasteiger partial charge < -0.3 is 4.74 Å². The molecule has 0 saturated heterocycles. The first-order chi connectivity index (χ1) is 6.20. The minimum atomic E-state index is -0.347. The maximum absolute atomic E-state index is 11.2. The molecule has 0 aliphatic rings. The molecule has 1 amide bonds. The molecule has 0 spiro atoms. The van der Waals surface area contributed by atoms with Crippen molar-refractivity contribution in [1.82, 2.24) is 5.43 Å². The van der Waals surface area contributed by atoms with Gasteiger partial charge in [0.2, 0.25) is 0 Å². The SMILES string of the molecule is COc1c(C)cccc1C(=O)NN. The molecular formula is C9H12N2O2. The van der Waals surface area contributed by atoms with E-state index in [1.807, 2.05) is 13.0 Å². The largest absolute Gasteiger partial charge is 0.496 e. The Balaban J connectivity index is 3.20. The summed E-state index contributed by atoms with van der Waals surface area (Å²) in [5.74, 6) is 5.24. The van der Waals surface area contributed by atoms with Gasteiger partial charge >= 0.3 is 0 Å². The maximum Gasteiger partial charge on any atom is 0.268 e. The number of aryl methyl sites for hydroxylation is 1. The van der Waals surface area contributed by atoms with Crippen molar-refractivity contribution < 1.29 is 9.53 Å². The summed E-state index contributed by atoms with van der Waals surface area (Å²) in [6, 6.07) is 5.31. The zero-order chi connectivity index (χ0) is 9.84. The molecule has 0 aliphatic carbocycles. The Kier molecular flexibility index (Phi) is 2.87. The Morgan fingerprint density at radius 3 is 2.77 bits per heavy atom. The second-order valence-electron chi connectivity index (χ2n) is 2.63. The van der Waals surface area contributed by atoms with Gasteiger partial charge in [0.15, 0.2) is 0 Å². The van der Waals surface area contributed by atoms with E-state index in [1.165, 1.54) is 7.11 Å². The fraction of sp³-hybridized carbons (Fsp3) is 0.222. The maximum atomic E-state index is 11.2. The van der Waals surface area contributed by atoms with Crippen LogP contribution in [0.5, 0.6) is 5.75 Å². The van der Waals surface area contributed by atoms with Gasteiger partial charge in [-0.1, -0.05) is 12.1 Å². The third-order valence-electron chi connectivity index (χ3n) is 1.79. The smallest absolute Gasteiger partial charge is 0.268 e. The number of amides is 1. The Bertz CT molecular complexity index is 323. The number of nitrogens with two attached hydrogens (primary N) is 1. The summed E-state index contributed by atoms with van der Waals surface area (Å²) in [5.41, 5.74) is 3.42. The number of nitrogen functional groups attached to an aromatic ring is 1. The van der Waals surface area contributed by atoms with E-state index >= 15 is 0 Å². The van der Waals surface area contributed by atoms with Crippen LogP contribution in [0.4, 0.5) is 0 Å². The van der Waals surface area contributed by atoms with Crippen molar-refractivity contribution in [2.75, 3.05) is 7.11 Å². The zero-order valence-electron chi connectivity index (χ0n) is 7.63. The number of methoxy groups -OCH3 is 1. The monoisotopic (exact) mass is 180 g/mol. The molecule has 0 aliphatic heterocycles. The number of carbonyl (C=O) groups excluding carboxylic acids is 1. The average molecular weight is 180 g/mol. The van der Waals surface area contributed by atoms with E-state index in [0.717, 1.165) is 5.56 Å². The Hall–Kier alpha value is -1.55. The van der Waals surface area contributed by atoms with Crippen molar-refractivity contribution in [2.45, 2.75) is 6.92 Å². The molecule has 4 heteroatoms. The summed E-state index contributed by atoms with van der Waals surface area (Å²) in [4.78, 5) is 11.2. The third kappa shape index (κ3) is 1.78. The number of carbonyl (C=O) groups is 1. The summed E-state index contributed by atoms with van der Waals surface area (Å²) in [6.07, 6.45) is 0. The second kappa shape index (κ2) is 3.91. The van der Waals surface area contributed by atoms with Crippen LogP contribution in [-0.2, 0) is 0 Å². The van der Waals surface area contributed by atoms with Gasteiger partial charge in [-0.15, -0.1) is 0 Å². The Labute approximate surface area is 76.7 Å². The average Bonchev–Trinajstić information content (AvgIpc) is 2.16. The van der Waals surface area contributed by atoms with Gasteiger partial charge in [-0.2, -0.15) is 0 Å². The minimum absolute atomic E-state index is 0.347. The van der Waals surface area contributed by atoms with Gasteiger partial charge in [-0.25, -0.2) is 5.84 Å². The first-order valence-corrected chi connectivity index (χ1v) is 3.85. The quantitative estimate of drug-likeness (QED) is 0.398. The summed E-state index contributed by atoms with van der Waals surface area (Å²) in [6.45, 7) is 1.87. The van der Waals surface area contributed by atoms with Crippen LogP contribution in [0.25, 0.3) is 0 Å². The van der Waals surface area contributed by atoms with Gasteiger partial charge in [0.1, 0.15) is 5.75 Å². The van der Waals surface area contributed by atoms with Crippen LogP contribution in [0.3, 0.4) is 0 Å². The van der Waals surface area contributed by atoms with Crippen LogP contribution in [-0.4, -0.2) is 13.0 Å². The molecule has 0 aromatic heterocycles. The molecule has 0 bridgehead atoms. The fourth-order valence-corrected chi connectivity index (χ4v) is 1.18. The highest BCUT2D eigenvalue weighted by molar-refractivity contribution is 5.96. The summed E-state index contributed by atoms with van der Waals surface area (Å²) in [5, 5.41) is 0. The van der Waals surface area contributed by atoms with Crippen molar-refractivity contribution >= 4 is 5.91 Å². The topological polar surface area (TPSA) is 64.3 Å².